The van der Waals surface area contributed by atoms with Crippen molar-refractivity contribution in [1.29, 1.82) is 0 Å². The largest absolute Gasteiger partial charge is 0.346 e. The van der Waals surface area contributed by atoms with Gasteiger partial charge in [-0.1, -0.05) is 23.2 Å². The van der Waals surface area contributed by atoms with Gasteiger partial charge >= 0.3 is 0 Å². The van der Waals surface area contributed by atoms with Crippen molar-refractivity contribution in [1.82, 2.24) is 10.3 Å². The van der Waals surface area contributed by atoms with Gasteiger partial charge in [-0.2, -0.15) is 8.78 Å². The minimum absolute atomic E-state index is 0.156. The minimum Gasteiger partial charge on any atom is -0.346 e. The number of benzene rings is 1. The molecule has 0 aliphatic rings. The van der Waals surface area contributed by atoms with Gasteiger partial charge in [0.1, 0.15) is 0 Å². The van der Waals surface area contributed by atoms with Crippen LogP contribution in [0.1, 0.15) is 15.9 Å². The van der Waals surface area contributed by atoms with Gasteiger partial charge in [-0.15, -0.1) is 0 Å². The Morgan fingerprint density at radius 2 is 2.05 bits per heavy atom. The Bertz CT molecular complexity index is 713. The first-order chi connectivity index (χ1) is 10.3. The first-order valence-electron chi connectivity index (χ1n) is 6.02. The van der Waals surface area contributed by atoms with Gasteiger partial charge in [0.15, 0.2) is 0 Å². The molecule has 0 atom stereocenters. The summed E-state index contributed by atoms with van der Waals surface area (Å²) in [7, 11) is 0. The van der Waals surface area contributed by atoms with Crippen molar-refractivity contribution in [3.05, 3.63) is 62.3 Å². The molecule has 116 valence electrons. The number of carbonyl (C=O) groups is 1. The number of nitrogens with one attached hydrogen (secondary N) is 1. The zero-order valence-corrected chi connectivity index (χ0v) is 14.0. The third-order valence-corrected chi connectivity index (χ3v) is 3.99. The van der Waals surface area contributed by atoms with E-state index >= 15 is 0 Å². The van der Waals surface area contributed by atoms with E-state index in [0.29, 0.717) is 4.47 Å². The smallest absolute Gasteiger partial charge is 0.291 e. The number of halogens is 5. The molecule has 0 radical (unpaired) electrons. The van der Waals surface area contributed by atoms with Crippen LogP contribution >= 0.6 is 39.1 Å². The van der Waals surface area contributed by atoms with Crippen LogP contribution in [0.5, 0.6) is 0 Å². The zero-order valence-electron chi connectivity index (χ0n) is 10.9. The number of hydrogen-bond donors (Lipinski definition) is 1. The van der Waals surface area contributed by atoms with Crippen molar-refractivity contribution >= 4 is 45.0 Å². The van der Waals surface area contributed by atoms with Crippen molar-refractivity contribution in [3.63, 3.8) is 0 Å². The van der Waals surface area contributed by atoms with E-state index in [1.807, 2.05) is 0 Å². The lowest BCUT2D eigenvalue weighted by Crippen LogP contribution is -2.35. The van der Waals surface area contributed by atoms with Gasteiger partial charge in [0.2, 0.25) is 0 Å². The van der Waals surface area contributed by atoms with E-state index in [4.69, 9.17) is 23.2 Å². The first-order valence-corrected chi connectivity index (χ1v) is 7.57. The summed E-state index contributed by atoms with van der Waals surface area (Å²) < 4.78 is 28.7. The molecule has 0 bridgehead atoms. The van der Waals surface area contributed by atoms with Crippen LogP contribution in [0.4, 0.5) is 8.78 Å². The average molecular weight is 410 g/mol. The van der Waals surface area contributed by atoms with Gasteiger partial charge < -0.3 is 5.32 Å². The number of amides is 1. The fourth-order valence-corrected chi connectivity index (χ4v) is 2.70. The molecule has 0 aliphatic heterocycles. The third-order valence-electron chi connectivity index (χ3n) is 2.81. The van der Waals surface area contributed by atoms with E-state index in [9.17, 15) is 13.6 Å². The molecule has 0 aliphatic carbocycles. The number of pyridine rings is 1. The van der Waals surface area contributed by atoms with E-state index < -0.39 is 23.9 Å². The molecular weight excluding hydrogens is 401 g/mol. The Kier molecular flexibility index (Phi) is 5.36. The first kappa shape index (κ1) is 17.1. The number of alkyl halides is 2. The summed E-state index contributed by atoms with van der Waals surface area (Å²) in [6.45, 7) is -0.887. The third kappa shape index (κ3) is 3.94. The highest BCUT2D eigenvalue weighted by Gasteiger charge is 2.34. The topological polar surface area (TPSA) is 42.0 Å². The molecule has 3 nitrogen and oxygen atoms in total. The van der Waals surface area contributed by atoms with Gasteiger partial charge in [0.05, 0.1) is 17.1 Å². The molecule has 0 saturated carbocycles. The molecule has 0 fully saturated rings. The Labute approximate surface area is 143 Å². The lowest BCUT2D eigenvalue weighted by Gasteiger charge is -2.19. The normalized spacial score (nSPS) is 11.3. The molecule has 0 unspecified atom stereocenters. The van der Waals surface area contributed by atoms with E-state index in [1.165, 1.54) is 30.6 Å². The fraction of sp³-hybridized carbons (Fsp3) is 0.143. The highest BCUT2D eigenvalue weighted by atomic mass is 79.9. The molecular formula is C14H9BrCl2F2N2O. The van der Waals surface area contributed by atoms with E-state index in [1.54, 1.807) is 0 Å². The number of aromatic nitrogens is 1. The maximum Gasteiger partial charge on any atom is 0.291 e. The van der Waals surface area contributed by atoms with Crippen molar-refractivity contribution in [2.75, 3.05) is 6.54 Å². The lowest BCUT2D eigenvalue weighted by molar-refractivity contribution is -0.00237. The molecule has 8 heteroatoms. The molecule has 0 spiro atoms. The summed E-state index contributed by atoms with van der Waals surface area (Å²) in [5.74, 6) is -3.96. The SMILES string of the molecule is O=C(NCC(F)(F)c1ccc(Cl)cc1Cl)c1ccncc1Br. The highest BCUT2D eigenvalue weighted by molar-refractivity contribution is 9.10. The van der Waals surface area contributed by atoms with Gasteiger partial charge in [0.25, 0.3) is 11.8 Å². The van der Waals surface area contributed by atoms with E-state index in [2.05, 4.69) is 26.2 Å². The number of carbonyl (C=O) groups excluding carboxylic acids is 1. The Morgan fingerprint density at radius 3 is 2.68 bits per heavy atom. The van der Waals surface area contributed by atoms with E-state index in [-0.39, 0.29) is 15.6 Å². The van der Waals surface area contributed by atoms with Crippen molar-refractivity contribution in [2.45, 2.75) is 5.92 Å². The molecule has 1 amide bonds. The second-order valence-corrected chi connectivity index (χ2v) is 6.06. The van der Waals surface area contributed by atoms with Crippen molar-refractivity contribution < 1.29 is 13.6 Å². The number of rotatable bonds is 4. The summed E-state index contributed by atoms with van der Waals surface area (Å²) in [6, 6.07) is 5.11. The fourth-order valence-electron chi connectivity index (χ4n) is 1.73. The molecule has 2 rings (SSSR count). The number of nitrogens with zero attached hydrogens (tertiary/aromatic N) is 1. The van der Waals surface area contributed by atoms with Crippen LogP contribution in [-0.2, 0) is 5.92 Å². The summed E-state index contributed by atoms with van der Waals surface area (Å²) in [5.41, 5.74) is -0.180. The van der Waals surface area contributed by atoms with Crippen molar-refractivity contribution in [3.8, 4) is 0 Å². The Balaban J connectivity index is 2.13. The van der Waals surface area contributed by atoms with Crippen molar-refractivity contribution in [2.24, 2.45) is 0 Å². The predicted octanol–water partition coefficient (Wildman–Crippen LogP) is 4.67. The van der Waals surface area contributed by atoms with Gasteiger partial charge in [-0.05, 0) is 40.2 Å². The number of hydrogen-bond acceptors (Lipinski definition) is 2. The maximum atomic E-state index is 14.2. The second-order valence-electron chi connectivity index (χ2n) is 4.37. The van der Waals surface area contributed by atoms with Crippen LogP contribution in [0.25, 0.3) is 0 Å². The van der Waals surface area contributed by atoms with Gasteiger partial charge in [0, 0.05) is 27.5 Å². The molecule has 0 saturated heterocycles. The molecule has 1 heterocycles. The summed E-state index contributed by atoms with van der Waals surface area (Å²) in [4.78, 5) is 15.7. The Hall–Kier alpha value is -1.24. The summed E-state index contributed by atoms with van der Waals surface area (Å²) in [6.07, 6.45) is 2.80. The van der Waals surface area contributed by atoms with Crippen LogP contribution in [-0.4, -0.2) is 17.4 Å². The maximum absolute atomic E-state index is 14.2. The molecule has 1 N–H and O–H groups in total. The average Bonchev–Trinajstić information content (AvgIpc) is 2.45. The summed E-state index contributed by atoms with van der Waals surface area (Å²) >= 11 is 14.6. The predicted molar refractivity (Wildman–Crippen MR) is 84.6 cm³/mol. The quantitative estimate of drug-likeness (QED) is 0.796. The van der Waals surface area contributed by atoms with Crippen LogP contribution in [0, 0.1) is 0 Å². The van der Waals surface area contributed by atoms with Gasteiger partial charge in [-0.25, -0.2) is 0 Å². The van der Waals surface area contributed by atoms with Crippen LogP contribution < -0.4 is 5.32 Å². The Morgan fingerprint density at radius 1 is 1.32 bits per heavy atom. The lowest BCUT2D eigenvalue weighted by atomic mass is 10.1. The van der Waals surface area contributed by atoms with Crippen LogP contribution in [0.3, 0.4) is 0 Å². The monoisotopic (exact) mass is 408 g/mol. The molecule has 22 heavy (non-hydrogen) atoms. The second kappa shape index (κ2) is 6.89. The standard InChI is InChI=1S/C14H9BrCl2F2N2O/c15-11-6-20-4-3-9(11)13(22)21-7-14(18,19)10-2-1-8(16)5-12(10)17/h1-6H,7H2,(H,21,22). The molecule has 1 aromatic carbocycles. The molecule has 2 aromatic rings. The minimum atomic E-state index is -3.32. The van der Waals surface area contributed by atoms with Crippen LogP contribution in [0.2, 0.25) is 10.0 Å². The summed E-state index contributed by atoms with van der Waals surface area (Å²) in [5, 5.41) is 2.28. The highest BCUT2D eigenvalue weighted by Crippen LogP contribution is 2.34. The molecule has 1 aromatic heterocycles. The zero-order chi connectivity index (χ0) is 16.3. The van der Waals surface area contributed by atoms with Crippen LogP contribution in [0.15, 0.2) is 41.1 Å². The van der Waals surface area contributed by atoms with Gasteiger partial charge in [-0.3, -0.25) is 9.78 Å². The van der Waals surface area contributed by atoms with E-state index in [0.717, 1.165) is 6.07 Å².